The number of carbonyl (C=O) groups is 1. The Morgan fingerprint density at radius 2 is 1.95 bits per heavy atom. The normalized spacial score (nSPS) is 10.9. The van der Waals surface area contributed by atoms with Crippen LogP contribution < -0.4 is 5.32 Å². The number of halogens is 3. The van der Waals surface area contributed by atoms with E-state index in [1.165, 1.54) is 0 Å². The van der Waals surface area contributed by atoms with Gasteiger partial charge in [-0.2, -0.15) is 0 Å². The Morgan fingerprint density at radius 1 is 1.25 bits per heavy atom. The summed E-state index contributed by atoms with van der Waals surface area (Å²) in [5, 5.41) is 3.92. The van der Waals surface area contributed by atoms with Crippen LogP contribution in [0.15, 0.2) is 34.9 Å². The predicted octanol–water partition coefficient (Wildman–Crippen LogP) is 5.39. The van der Waals surface area contributed by atoms with Gasteiger partial charge in [0, 0.05) is 21.7 Å². The quantitative estimate of drug-likeness (QED) is 0.766. The van der Waals surface area contributed by atoms with Gasteiger partial charge in [-0.3, -0.25) is 4.79 Å². The number of hydrogen-bond donors (Lipinski definition) is 1. The van der Waals surface area contributed by atoms with Gasteiger partial charge in [-0.25, -0.2) is 0 Å². The number of rotatable bonds is 3. The molecule has 1 heterocycles. The average molecular weight is 376 g/mol. The fourth-order valence-corrected chi connectivity index (χ4v) is 2.56. The Labute approximate surface area is 136 Å². The van der Waals surface area contributed by atoms with Gasteiger partial charge in [0.05, 0.1) is 10.7 Å². The minimum atomic E-state index is -0.228. The molecule has 1 aromatic heterocycles. The maximum Gasteiger partial charge on any atom is 0.272 e. The molecule has 0 aliphatic heterocycles. The van der Waals surface area contributed by atoms with E-state index in [0.29, 0.717) is 21.4 Å². The van der Waals surface area contributed by atoms with Crippen LogP contribution in [-0.4, -0.2) is 10.5 Å². The molecule has 0 fully saturated rings. The van der Waals surface area contributed by atoms with Crippen molar-refractivity contribution in [1.82, 2.24) is 4.57 Å². The summed E-state index contributed by atoms with van der Waals surface area (Å²) in [6, 6.07) is 7.01. The molecule has 106 valence electrons. The molecule has 2 aromatic rings. The monoisotopic (exact) mass is 374 g/mol. The first-order chi connectivity index (χ1) is 9.38. The van der Waals surface area contributed by atoms with Crippen molar-refractivity contribution in [2.75, 3.05) is 5.32 Å². The third kappa shape index (κ3) is 3.37. The van der Waals surface area contributed by atoms with Gasteiger partial charge in [-0.1, -0.05) is 23.2 Å². The SMILES string of the molecule is CC(C)n1cc(Cl)cc1C(=O)Nc1cc(Cl)ccc1Br. The van der Waals surface area contributed by atoms with E-state index in [1.54, 1.807) is 30.5 Å². The second kappa shape index (κ2) is 6.20. The lowest BCUT2D eigenvalue weighted by Crippen LogP contribution is -2.18. The first-order valence-electron chi connectivity index (χ1n) is 6.02. The van der Waals surface area contributed by atoms with Gasteiger partial charge in [0.1, 0.15) is 5.69 Å². The zero-order chi connectivity index (χ0) is 14.9. The molecule has 0 unspecified atom stereocenters. The van der Waals surface area contributed by atoms with Gasteiger partial charge in [0.15, 0.2) is 0 Å². The Bertz CT molecular complexity index is 653. The highest BCUT2D eigenvalue weighted by Gasteiger charge is 2.16. The van der Waals surface area contributed by atoms with Crippen LogP contribution >= 0.6 is 39.1 Å². The van der Waals surface area contributed by atoms with Gasteiger partial charge >= 0.3 is 0 Å². The Kier molecular flexibility index (Phi) is 4.78. The van der Waals surface area contributed by atoms with Gasteiger partial charge in [-0.05, 0) is 54.0 Å². The molecule has 0 saturated heterocycles. The molecule has 3 nitrogen and oxygen atoms in total. The lowest BCUT2D eigenvalue weighted by Gasteiger charge is -2.13. The molecule has 1 N–H and O–H groups in total. The first kappa shape index (κ1) is 15.4. The second-order valence-electron chi connectivity index (χ2n) is 4.62. The summed E-state index contributed by atoms with van der Waals surface area (Å²) in [4.78, 5) is 12.4. The summed E-state index contributed by atoms with van der Waals surface area (Å²) in [7, 11) is 0. The second-order valence-corrected chi connectivity index (χ2v) is 6.35. The van der Waals surface area contributed by atoms with Crippen molar-refractivity contribution in [3.05, 3.63) is 50.7 Å². The molecule has 1 amide bonds. The fourth-order valence-electron chi connectivity index (χ4n) is 1.83. The molecule has 6 heteroatoms. The number of hydrogen-bond acceptors (Lipinski definition) is 1. The minimum absolute atomic E-state index is 0.144. The van der Waals surface area contributed by atoms with Crippen molar-refractivity contribution in [1.29, 1.82) is 0 Å². The van der Waals surface area contributed by atoms with E-state index in [2.05, 4.69) is 21.2 Å². The van der Waals surface area contributed by atoms with Crippen LogP contribution in [0, 0.1) is 0 Å². The third-order valence-corrected chi connectivity index (χ3v) is 3.91. The summed E-state index contributed by atoms with van der Waals surface area (Å²) < 4.78 is 2.60. The molecule has 20 heavy (non-hydrogen) atoms. The highest BCUT2D eigenvalue weighted by atomic mass is 79.9. The smallest absolute Gasteiger partial charge is 0.272 e. The highest BCUT2D eigenvalue weighted by molar-refractivity contribution is 9.10. The first-order valence-corrected chi connectivity index (χ1v) is 7.57. The maximum absolute atomic E-state index is 12.4. The van der Waals surface area contributed by atoms with Crippen LogP contribution in [0.2, 0.25) is 10.0 Å². The van der Waals surface area contributed by atoms with Crippen LogP contribution in [0.25, 0.3) is 0 Å². The molecule has 1 aromatic carbocycles. The van der Waals surface area contributed by atoms with Crippen LogP contribution in [0.1, 0.15) is 30.4 Å². The fraction of sp³-hybridized carbons (Fsp3) is 0.214. The minimum Gasteiger partial charge on any atom is -0.339 e. The summed E-state index contributed by atoms with van der Waals surface area (Å²) in [5.74, 6) is -0.228. The lowest BCUT2D eigenvalue weighted by molar-refractivity contribution is 0.101. The van der Waals surface area contributed by atoms with Gasteiger partial charge < -0.3 is 9.88 Å². The topological polar surface area (TPSA) is 34.0 Å². The summed E-state index contributed by atoms with van der Waals surface area (Å²) in [6.45, 7) is 3.98. The van der Waals surface area contributed by atoms with E-state index in [0.717, 1.165) is 4.47 Å². The van der Waals surface area contributed by atoms with Gasteiger partial charge in [-0.15, -0.1) is 0 Å². The van der Waals surface area contributed by atoms with Crippen molar-refractivity contribution in [3.63, 3.8) is 0 Å². The van der Waals surface area contributed by atoms with Crippen molar-refractivity contribution in [2.45, 2.75) is 19.9 Å². The lowest BCUT2D eigenvalue weighted by atomic mass is 10.3. The van der Waals surface area contributed by atoms with Crippen molar-refractivity contribution >= 4 is 50.7 Å². The van der Waals surface area contributed by atoms with Gasteiger partial charge in [0.2, 0.25) is 0 Å². The Morgan fingerprint density at radius 3 is 2.60 bits per heavy atom. The third-order valence-electron chi connectivity index (χ3n) is 2.78. The number of nitrogens with zero attached hydrogens (tertiary/aromatic N) is 1. The van der Waals surface area contributed by atoms with Crippen molar-refractivity contribution in [3.8, 4) is 0 Å². The molecule has 0 atom stereocenters. The van der Waals surface area contributed by atoms with E-state index in [9.17, 15) is 4.79 Å². The molecular weight excluding hydrogens is 363 g/mol. The van der Waals surface area contributed by atoms with E-state index in [4.69, 9.17) is 23.2 Å². The van der Waals surface area contributed by atoms with Gasteiger partial charge in [0.25, 0.3) is 5.91 Å². The number of aromatic nitrogens is 1. The van der Waals surface area contributed by atoms with Crippen LogP contribution in [-0.2, 0) is 0 Å². The Balaban J connectivity index is 2.31. The van der Waals surface area contributed by atoms with Crippen molar-refractivity contribution in [2.24, 2.45) is 0 Å². The number of amides is 1. The summed E-state index contributed by atoms with van der Waals surface area (Å²) >= 11 is 15.3. The molecule has 0 spiro atoms. The summed E-state index contributed by atoms with van der Waals surface area (Å²) in [6.07, 6.45) is 1.74. The zero-order valence-corrected chi connectivity index (χ0v) is 14.1. The number of nitrogens with one attached hydrogen (secondary N) is 1. The van der Waals surface area contributed by atoms with E-state index in [1.807, 2.05) is 18.4 Å². The molecule has 0 bridgehead atoms. The molecule has 0 aliphatic rings. The molecular formula is C14H13BrCl2N2O. The largest absolute Gasteiger partial charge is 0.339 e. The van der Waals surface area contributed by atoms with Crippen LogP contribution in [0.4, 0.5) is 5.69 Å². The molecule has 2 rings (SSSR count). The average Bonchev–Trinajstić information content (AvgIpc) is 2.76. The standard InChI is InChI=1S/C14H13BrCl2N2O/c1-8(2)19-7-10(17)6-13(19)14(20)18-12-5-9(16)3-4-11(12)15/h3-8H,1-2H3,(H,18,20). The van der Waals surface area contributed by atoms with E-state index >= 15 is 0 Å². The van der Waals surface area contributed by atoms with Crippen LogP contribution in [0.3, 0.4) is 0 Å². The number of carbonyl (C=O) groups excluding carboxylic acids is 1. The highest BCUT2D eigenvalue weighted by Crippen LogP contribution is 2.27. The molecule has 0 saturated carbocycles. The summed E-state index contributed by atoms with van der Waals surface area (Å²) in [5.41, 5.74) is 1.13. The van der Waals surface area contributed by atoms with E-state index < -0.39 is 0 Å². The Hall–Kier alpha value is -0.970. The zero-order valence-electron chi connectivity index (χ0n) is 11.0. The number of anilines is 1. The molecule has 0 radical (unpaired) electrons. The number of benzene rings is 1. The predicted molar refractivity (Wildman–Crippen MR) is 86.9 cm³/mol. The molecule has 0 aliphatic carbocycles. The van der Waals surface area contributed by atoms with Crippen LogP contribution in [0.5, 0.6) is 0 Å². The van der Waals surface area contributed by atoms with Crippen molar-refractivity contribution < 1.29 is 4.79 Å². The maximum atomic E-state index is 12.4. The van der Waals surface area contributed by atoms with E-state index in [-0.39, 0.29) is 11.9 Å².